The third-order valence-electron chi connectivity index (χ3n) is 2.48. The second-order valence-corrected chi connectivity index (χ2v) is 4.36. The highest BCUT2D eigenvalue weighted by Gasteiger charge is 2.07. The zero-order chi connectivity index (χ0) is 13.7. The van der Waals surface area contributed by atoms with Gasteiger partial charge < -0.3 is 10.6 Å². The van der Waals surface area contributed by atoms with Gasteiger partial charge in [0.25, 0.3) is 5.91 Å². The first-order valence-electron chi connectivity index (χ1n) is 5.96. The SMILES string of the molecule is CCNc1cc(C(=O)Nc2ccc(Cl)cc2)ccn1. The lowest BCUT2D eigenvalue weighted by molar-refractivity contribution is 0.102. The molecule has 0 saturated carbocycles. The molecule has 5 heteroatoms. The van der Waals surface area contributed by atoms with E-state index in [1.807, 2.05) is 6.92 Å². The van der Waals surface area contributed by atoms with Crippen molar-refractivity contribution in [1.29, 1.82) is 0 Å². The van der Waals surface area contributed by atoms with Crippen LogP contribution in [0.3, 0.4) is 0 Å². The van der Waals surface area contributed by atoms with Crippen molar-refractivity contribution in [3.63, 3.8) is 0 Å². The second-order valence-electron chi connectivity index (χ2n) is 3.92. The number of halogens is 1. The summed E-state index contributed by atoms with van der Waals surface area (Å²) in [4.78, 5) is 16.2. The summed E-state index contributed by atoms with van der Waals surface area (Å²) >= 11 is 5.79. The molecular weight excluding hydrogens is 262 g/mol. The molecule has 0 fully saturated rings. The molecular formula is C14H14ClN3O. The van der Waals surface area contributed by atoms with Crippen molar-refractivity contribution in [3.05, 3.63) is 53.2 Å². The van der Waals surface area contributed by atoms with Gasteiger partial charge in [0, 0.05) is 29.0 Å². The van der Waals surface area contributed by atoms with Gasteiger partial charge in [0.15, 0.2) is 0 Å². The Kier molecular flexibility index (Phi) is 4.36. The van der Waals surface area contributed by atoms with Crippen molar-refractivity contribution < 1.29 is 4.79 Å². The number of rotatable bonds is 4. The maximum atomic E-state index is 12.1. The minimum atomic E-state index is -0.177. The molecule has 0 atom stereocenters. The third-order valence-corrected chi connectivity index (χ3v) is 2.73. The Hall–Kier alpha value is -2.07. The van der Waals surface area contributed by atoms with Crippen molar-refractivity contribution in [1.82, 2.24) is 4.98 Å². The van der Waals surface area contributed by atoms with E-state index in [0.717, 1.165) is 6.54 Å². The van der Waals surface area contributed by atoms with Gasteiger partial charge in [-0.05, 0) is 43.3 Å². The Morgan fingerprint density at radius 3 is 2.68 bits per heavy atom. The van der Waals surface area contributed by atoms with E-state index < -0.39 is 0 Å². The maximum Gasteiger partial charge on any atom is 0.255 e. The highest BCUT2D eigenvalue weighted by Crippen LogP contribution is 2.15. The summed E-state index contributed by atoms with van der Waals surface area (Å²) in [5, 5.41) is 6.50. The molecule has 0 unspecified atom stereocenters. The van der Waals surface area contributed by atoms with Crippen LogP contribution in [0.15, 0.2) is 42.6 Å². The smallest absolute Gasteiger partial charge is 0.255 e. The van der Waals surface area contributed by atoms with E-state index >= 15 is 0 Å². The molecule has 0 aliphatic heterocycles. The lowest BCUT2D eigenvalue weighted by Crippen LogP contribution is -2.12. The van der Waals surface area contributed by atoms with Crippen LogP contribution in [0, 0.1) is 0 Å². The molecule has 2 aromatic rings. The Bertz CT molecular complexity index is 569. The van der Waals surface area contributed by atoms with Gasteiger partial charge in [-0.15, -0.1) is 0 Å². The predicted molar refractivity (Wildman–Crippen MR) is 77.8 cm³/mol. The normalized spacial score (nSPS) is 10.0. The largest absolute Gasteiger partial charge is 0.370 e. The molecule has 19 heavy (non-hydrogen) atoms. The molecule has 2 N–H and O–H groups in total. The van der Waals surface area contributed by atoms with E-state index in [1.54, 1.807) is 42.6 Å². The van der Waals surface area contributed by atoms with E-state index in [9.17, 15) is 4.79 Å². The topological polar surface area (TPSA) is 54.0 Å². The molecule has 1 heterocycles. The summed E-state index contributed by atoms with van der Waals surface area (Å²) in [5.74, 6) is 0.509. The number of nitrogens with zero attached hydrogens (tertiary/aromatic N) is 1. The van der Waals surface area contributed by atoms with Gasteiger partial charge >= 0.3 is 0 Å². The van der Waals surface area contributed by atoms with Crippen LogP contribution < -0.4 is 10.6 Å². The molecule has 1 aromatic carbocycles. The summed E-state index contributed by atoms with van der Waals surface area (Å²) in [6.45, 7) is 2.73. The van der Waals surface area contributed by atoms with Gasteiger partial charge in [0.2, 0.25) is 0 Å². The number of hydrogen-bond donors (Lipinski definition) is 2. The standard InChI is InChI=1S/C14H14ClN3O/c1-2-16-13-9-10(7-8-17-13)14(19)18-12-5-3-11(15)4-6-12/h3-9H,2H2,1H3,(H,16,17)(H,18,19). The van der Waals surface area contributed by atoms with E-state index in [2.05, 4.69) is 15.6 Å². The minimum Gasteiger partial charge on any atom is -0.370 e. The van der Waals surface area contributed by atoms with E-state index in [0.29, 0.717) is 22.1 Å². The zero-order valence-electron chi connectivity index (χ0n) is 10.5. The number of hydrogen-bond acceptors (Lipinski definition) is 3. The number of benzene rings is 1. The molecule has 0 spiro atoms. The van der Waals surface area contributed by atoms with E-state index in [1.165, 1.54) is 0 Å². The number of anilines is 2. The highest BCUT2D eigenvalue weighted by molar-refractivity contribution is 6.30. The van der Waals surface area contributed by atoms with Gasteiger partial charge in [-0.25, -0.2) is 4.98 Å². The number of carbonyl (C=O) groups excluding carboxylic acids is 1. The van der Waals surface area contributed by atoms with Gasteiger partial charge in [0.05, 0.1) is 0 Å². The fraction of sp³-hybridized carbons (Fsp3) is 0.143. The third kappa shape index (κ3) is 3.69. The average Bonchev–Trinajstić information content (AvgIpc) is 2.42. The van der Waals surface area contributed by atoms with E-state index in [4.69, 9.17) is 11.6 Å². The number of nitrogens with one attached hydrogen (secondary N) is 2. The summed E-state index contributed by atoms with van der Waals surface area (Å²) in [6.07, 6.45) is 1.61. The first kappa shape index (κ1) is 13.4. The number of aromatic nitrogens is 1. The molecule has 98 valence electrons. The maximum absolute atomic E-state index is 12.1. The molecule has 1 amide bonds. The monoisotopic (exact) mass is 275 g/mol. The van der Waals surface area contributed by atoms with Crippen LogP contribution in [0.4, 0.5) is 11.5 Å². The van der Waals surface area contributed by atoms with Crippen LogP contribution in [0.25, 0.3) is 0 Å². The zero-order valence-corrected chi connectivity index (χ0v) is 11.2. The predicted octanol–water partition coefficient (Wildman–Crippen LogP) is 3.42. The van der Waals surface area contributed by atoms with Crippen LogP contribution in [0.5, 0.6) is 0 Å². The van der Waals surface area contributed by atoms with Crippen LogP contribution >= 0.6 is 11.6 Å². The fourth-order valence-corrected chi connectivity index (χ4v) is 1.71. The molecule has 0 aliphatic rings. The first-order valence-corrected chi connectivity index (χ1v) is 6.33. The number of carbonyl (C=O) groups is 1. The molecule has 0 saturated heterocycles. The Morgan fingerprint density at radius 1 is 1.26 bits per heavy atom. The molecule has 4 nitrogen and oxygen atoms in total. The fourth-order valence-electron chi connectivity index (χ4n) is 1.59. The van der Waals surface area contributed by atoms with Gasteiger partial charge in [0.1, 0.15) is 5.82 Å². The molecule has 1 aromatic heterocycles. The number of amides is 1. The van der Waals surface area contributed by atoms with E-state index in [-0.39, 0.29) is 5.91 Å². The van der Waals surface area contributed by atoms with Gasteiger partial charge in [-0.2, -0.15) is 0 Å². The molecule has 0 aliphatic carbocycles. The molecule has 2 rings (SSSR count). The quantitative estimate of drug-likeness (QED) is 0.899. The molecule has 0 radical (unpaired) electrons. The van der Waals surface area contributed by atoms with Crippen molar-refractivity contribution in [3.8, 4) is 0 Å². The van der Waals surface area contributed by atoms with Crippen LogP contribution in [0.1, 0.15) is 17.3 Å². The van der Waals surface area contributed by atoms with Gasteiger partial charge in [-0.1, -0.05) is 11.6 Å². The van der Waals surface area contributed by atoms with Crippen molar-refractivity contribution in [2.75, 3.05) is 17.2 Å². The van der Waals surface area contributed by atoms with Crippen LogP contribution in [0.2, 0.25) is 5.02 Å². The summed E-state index contributed by atoms with van der Waals surface area (Å²) in [6, 6.07) is 10.4. The van der Waals surface area contributed by atoms with Crippen molar-refractivity contribution in [2.45, 2.75) is 6.92 Å². The first-order chi connectivity index (χ1) is 9.19. The Morgan fingerprint density at radius 2 is 2.00 bits per heavy atom. The highest BCUT2D eigenvalue weighted by atomic mass is 35.5. The second kappa shape index (κ2) is 6.20. The summed E-state index contributed by atoms with van der Waals surface area (Å²) in [7, 11) is 0. The van der Waals surface area contributed by atoms with Crippen molar-refractivity contribution in [2.24, 2.45) is 0 Å². The number of pyridine rings is 1. The summed E-state index contributed by atoms with van der Waals surface area (Å²) in [5.41, 5.74) is 1.26. The van der Waals surface area contributed by atoms with Crippen LogP contribution in [-0.4, -0.2) is 17.4 Å². The van der Waals surface area contributed by atoms with Gasteiger partial charge in [-0.3, -0.25) is 4.79 Å². The molecule has 0 bridgehead atoms. The average molecular weight is 276 g/mol. The van der Waals surface area contributed by atoms with Crippen LogP contribution in [-0.2, 0) is 0 Å². The summed E-state index contributed by atoms with van der Waals surface area (Å²) < 4.78 is 0. The minimum absolute atomic E-state index is 0.177. The lowest BCUT2D eigenvalue weighted by atomic mass is 10.2. The lowest BCUT2D eigenvalue weighted by Gasteiger charge is -2.07. The Labute approximate surface area is 116 Å². The Balaban J connectivity index is 2.11. The van der Waals surface area contributed by atoms with Crippen molar-refractivity contribution >= 4 is 29.0 Å².